The van der Waals surface area contributed by atoms with Crippen LogP contribution in [0.4, 0.5) is 5.69 Å². The summed E-state index contributed by atoms with van der Waals surface area (Å²) in [7, 11) is -3.52. The fraction of sp³-hybridized carbons (Fsp3) is 0.296. The summed E-state index contributed by atoms with van der Waals surface area (Å²) >= 11 is 0. The predicted octanol–water partition coefficient (Wildman–Crippen LogP) is 4.75. The first-order valence-corrected chi connectivity index (χ1v) is 13.2. The molecule has 1 fully saturated rings. The molecule has 3 aromatic carbocycles. The van der Waals surface area contributed by atoms with E-state index in [4.69, 9.17) is 9.47 Å². The van der Waals surface area contributed by atoms with Crippen molar-refractivity contribution < 1.29 is 22.7 Å². The van der Waals surface area contributed by atoms with Crippen molar-refractivity contribution in [3.8, 4) is 22.6 Å². The minimum Gasteiger partial charge on any atom is -0.454 e. The number of fused-ring (bicyclic) bond motifs is 1. The number of ether oxygens (including phenoxy) is 2. The van der Waals surface area contributed by atoms with E-state index in [1.807, 2.05) is 50.2 Å². The Labute approximate surface area is 205 Å². The Morgan fingerprint density at radius 1 is 0.971 bits per heavy atom. The van der Waals surface area contributed by atoms with E-state index in [9.17, 15) is 13.2 Å². The van der Waals surface area contributed by atoms with Crippen molar-refractivity contribution in [2.75, 3.05) is 18.7 Å². The van der Waals surface area contributed by atoms with Crippen LogP contribution in [-0.4, -0.2) is 27.7 Å². The van der Waals surface area contributed by atoms with Crippen molar-refractivity contribution in [1.82, 2.24) is 4.72 Å². The lowest BCUT2D eigenvalue weighted by Gasteiger charge is -2.17. The standard InChI is InChI=1S/C27H28N2O5S/c1-3-14-28-35(31,32)22-9-5-19(6-10-22)23-16-21(8-4-18(23)2)29-26(30)27(12-13-27)20-7-11-24-25(15-20)34-17-33-24/h4-11,15-16,28H,3,12-14,17H2,1-2H3,(H,29,30). The lowest BCUT2D eigenvalue weighted by atomic mass is 9.94. The molecule has 0 radical (unpaired) electrons. The number of benzene rings is 3. The normalized spacial score (nSPS) is 15.6. The van der Waals surface area contributed by atoms with Gasteiger partial charge < -0.3 is 14.8 Å². The van der Waals surface area contributed by atoms with Gasteiger partial charge in [0.1, 0.15) is 0 Å². The highest BCUT2D eigenvalue weighted by Crippen LogP contribution is 2.51. The molecule has 7 nitrogen and oxygen atoms in total. The maximum absolute atomic E-state index is 13.3. The van der Waals surface area contributed by atoms with Crippen LogP contribution in [-0.2, 0) is 20.2 Å². The van der Waals surface area contributed by atoms with Crippen LogP contribution in [0.2, 0.25) is 0 Å². The molecule has 5 rings (SSSR count). The van der Waals surface area contributed by atoms with Gasteiger partial charge in [-0.3, -0.25) is 4.79 Å². The van der Waals surface area contributed by atoms with Gasteiger partial charge in [-0.05, 0) is 84.8 Å². The van der Waals surface area contributed by atoms with Gasteiger partial charge in [-0.1, -0.05) is 31.2 Å². The van der Waals surface area contributed by atoms with Crippen molar-refractivity contribution in [3.63, 3.8) is 0 Å². The molecule has 35 heavy (non-hydrogen) atoms. The summed E-state index contributed by atoms with van der Waals surface area (Å²) in [6.45, 7) is 4.51. The van der Waals surface area contributed by atoms with Gasteiger partial charge in [0, 0.05) is 12.2 Å². The molecule has 3 aromatic rings. The molecule has 0 saturated heterocycles. The van der Waals surface area contributed by atoms with Gasteiger partial charge in [-0.15, -0.1) is 0 Å². The van der Waals surface area contributed by atoms with Crippen molar-refractivity contribution >= 4 is 21.6 Å². The topological polar surface area (TPSA) is 93.7 Å². The van der Waals surface area contributed by atoms with Gasteiger partial charge in [0.05, 0.1) is 10.3 Å². The van der Waals surface area contributed by atoms with Crippen LogP contribution in [0.1, 0.15) is 37.3 Å². The number of hydrogen-bond donors (Lipinski definition) is 2. The number of carbonyl (C=O) groups is 1. The molecular weight excluding hydrogens is 464 g/mol. The maximum Gasteiger partial charge on any atom is 0.240 e. The molecule has 2 aliphatic rings. The second kappa shape index (κ2) is 9.02. The molecule has 1 amide bonds. The number of rotatable bonds is 8. The van der Waals surface area contributed by atoms with Gasteiger partial charge >= 0.3 is 0 Å². The first-order chi connectivity index (χ1) is 16.8. The number of anilines is 1. The van der Waals surface area contributed by atoms with E-state index in [0.717, 1.165) is 41.5 Å². The molecule has 1 saturated carbocycles. The highest BCUT2D eigenvalue weighted by atomic mass is 32.2. The Balaban J connectivity index is 1.36. The molecule has 2 N–H and O–H groups in total. The van der Waals surface area contributed by atoms with E-state index in [0.29, 0.717) is 23.7 Å². The van der Waals surface area contributed by atoms with Gasteiger partial charge in [-0.25, -0.2) is 13.1 Å². The van der Waals surface area contributed by atoms with E-state index < -0.39 is 15.4 Å². The molecule has 1 aliphatic heterocycles. The molecule has 0 aromatic heterocycles. The maximum atomic E-state index is 13.3. The van der Waals surface area contributed by atoms with Crippen LogP contribution in [0.3, 0.4) is 0 Å². The van der Waals surface area contributed by atoms with Crippen molar-refractivity contribution in [2.45, 2.75) is 43.4 Å². The summed E-state index contributed by atoms with van der Waals surface area (Å²) in [5, 5.41) is 3.09. The Hall–Kier alpha value is -3.36. The van der Waals surface area contributed by atoms with Crippen LogP contribution in [0.5, 0.6) is 11.5 Å². The Morgan fingerprint density at radius 3 is 2.43 bits per heavy atom. The third kappa shape index (κ3) is 4.51. The molecule has 0 unspecified atom stereocenters. The molecule has 1 aliphatic carbocycles. The van der Waals surface area contributed by atoms with Crippen LogP contribution >= 0.6 is 0 Å². The summed E-state index contributed by atoms with van der Waals surface area (Å²) in [5.41, 5.74) is 3.91. The summed E-state index contributed by atoms with van der Waals surface area (Å²) in [6.07, 6.45) is 2.28. The van der Waals surface area contributed by atoms with E-state index >= 15 is 0 Å². The zero-order chi connectivity index (χ0) is 24.6. The summed E-state index contributed by atoms with van der Waals surface area (Å²) < 4.78 is 38.2. The van der Waals surface area contributed by atoms with Crippen LogP contribution in [0, 0.1) is 6.92 Å². The van der Waals surface area contributed by atoms with E-state index in [1.165, 1.54) is 0 Å². The fourth-order valence-corrected chi connectivity index (χ4v) is 5.49. The first kappa shape index (κ1) is 23.4. The lowest BCUT2D eigenvalue weighted by molar-refractivity contribution is -0.118. The second-order valence-electron chi connectivity index (χ2n) is 9.06. The largest absolute Gasteiger partial charge is 0.454 e. The number of hydrogen-bond acceptors (Lipinski definition) is 5. The van der Waals surface area contributed by atoms with Gasteiger partial charge in [0.15, 0.2) is 11.5 Å². The van der Waals surface area contributed by atoms with Crippen LogP contribution in [0.25, 0.3) is 11.1 Å². The Morgan fingerprint density at radius 2 is 1.71 bits per heavy atom. The molecular formula is C27H28N2O5S. The summed E-state index contributed by atoms with van der Waals surface area (Å²) in [5.74, 6) is 1.33. The third-order valence-corrected chi connectivity index (χ3v) is 8.10. The number of amides is 1. The average molecular weight is 493 g/mol. The zero-order valence-electron chi connectivity index (χ0n) is 19.8. The van der Waals surface area contributed by atoms with Crippen molar-refractivity contribution in [3.05, 3.63) is 71.8 Å². The lowest BCUT2D eigenvalue weighted by Crippen LogP contribution is -2.27. The number of sulfonamides is 1. The van der Waals surface area contributed by atoms with Gasteiger partial charge in [0.25, 0.3) is 0 Å². The number of nitrogens with one attached hydrogen (secondary N) is 2. The molecule has 182 valence electrons. The monoisotopic (exact) mass is 492 g/mol. The van der Waals surface area contributed by atoms with Crippen LogP contribution < -0.4 is 19.5 Å². The summed E-state index contributed by atoms with van der Waals surface area (Å²) in [6, 6.07) is 18.3. The van der Waals surface area contributed by atoms with Crippen molar-refractivity contribution in [2.24, 2.45) is 0 Å². The highest BCUT2D eigenvalue weighted by Gasteiger charge is 2.51. The predicted molar refractivity (Wildman–Crippen MR) is 134 cm³/mol. The highest BCUT2D eigenvalue weighted by molar-refractivity contribution is 7.89. The van der Waals surface area contributed by atoms with Crippen molar-refractivity contribution in [1.29, 1.82) is 0 Å². The quantitative estimate of drug-likeness (QED) is 0.473. The smallest absolute Gasteiger partial charge is 0.240 e. The average Bonchev–Trinajstić information content (AvgIpc) is 3.55. The summed E-state index contributed by atoms with van der Waals surface area (Å²) in [4.78, 5) is 13.5. The first-order valence-electron chi connectivity index (χ1n) is 11.7. The molecule has 0 atom stereocenters. The third-order valence-electron chi connectivity index (χ3n) is 6.62. The molecule has 0 bridgehead atoms. The SMILES string of the molecule is CCCNS(=O)(=O)c1ccc(-c2cc(NC(=O)C3(c4ccc5c(c4)OCO5)CC3)ccc2C)cc1. The Bertz CT molecular complexity index is 1380. The minimum absolute atomic E-state index is 0.0467. The van der Waals surface area contributed by atoms with Gasteiger partial charge in [0.2, 0.25) is 22.7 Å². The molecule has 8 heteroatoms. The molecule has 1 heterocycles. The molecule has 0 spiro atoms. The number of aryl methyl sites for hydroxylation is 1. The fourth-order valence-electron chi connectivity index (χ4n) is 4.36. The minimum atomic E-state index is -3.52. The number of carbonyl (C=O) groups excluding carboxylic acids is 1. The second-order valence-corrected chi connectivity index (χ2v) is 10.8. The Kier molecular flexibility index (Phi) is 6.02. The van der Waals surface area contributed by atoms with E-state index in [-0.39, 0.29) is 17.6 Å². The van der Waals surface area contributed by atoms with Crippen LogP contribution in [0.15, 0.2) is 65.6 Å². The van der Waals surface area contributed by atoms with E-state index in [1.54, 1.807) is 24.3 Å². The van der Waals surface area contributed by atoms with Gasteiger partial charge in [-0.2, -0.15) is 0 Å². The zero-order valence-corrected chi connectivity index (χ0v) is 20.6. The van der Waals surface area contributed by atoms with E-state index in [2.05, 4.69) is 10.0 Å².